The van der Waals surface area contributed by atoms with Gasteiger partial charge in [-0.3, -0.25) is 4.99 Å². The molecule has 0 bridgehead atoms. The molecular formula is C19H27F2N3O2. The molecule has 0 spiro atoms. The first-order chi connectivity index (χ1) is 12.7. The SMILES string of the molecule is CCNC(=NCCc1cc(F)ccc1F)N1CCOC(C2CCCO2)C1. The van der Waals surface area contributed by atoms with E-state index in [9.17, 15) is 8.78 Å². The summed E-state index contributed by atoms with van der Waals surface area (Å²) in [7, 11) is 0. The molecule has 7 heteroatoms. The van der Waals surface area contributed by atoms with Gasteiger partial charge in [0.25, 0.3) is 0 Å². The molecule has 0 aromatic heterocycles. The molecule has 2 aliphatic heterocycles. The van der Waals surface area contributed by atoms with Gasteiger partial charge in [0, 0.05) is 32.8 Å². The third-order valence-electron chi connectivity index (χ3n) is 4.76. The topological polar surface area (TPSA) is 46.1 Å². The van der Waals surface area contributed by atoms with Gasteiger partial charge < -0.3 is 19.7 Å². The van der Waals surface area contributed by atoms with E-state index in [2.05, 4.69) is 15.2 Å². The van der Waals surface area contributed by atoms with Gasteiger partial charge in [-0.25, -0.2) is 8.78 Å². The number of hydrogen-bond donors (Lipinski definition) is 1. The highest BCUT2D eigenvalue weighted by atomic mass is 19.1. The fourth-order valence-corrected chi connectivity index (χ4v) is 3.43. The summed E-state index contributed by atoms with van der Waals surface area (Å²) in [5.74, 6) is -0.0306. The smallest absolute Gasteiger partial charge is 0.194 e. The minimum Gasteiger partial charge on any atom is -0.375 e. The largest absolute Gasteiger partial charge is 0.375 e. The number of morpholine rings is 1. The first-order valence-corrected chi connectivity index (χ1v) is 9.37. The van der Waals surface area contributed by atoms with Crippen molar-refractivity contribution in [3.8, 4) is 0 Å². The molecule has 3 rings (SSSR count). The molecule has 1 N–H and O–H groups in total. The second-order valence-electron chi connectivity index (χ2n) is 6.63. The van der Waals surface area contributed by atoms with Gasteiger partial charge in [-0.15, -0.1) is 0 Å². The van der Waals surface area contributed by atoms with Gasteiger partial charge >= 0.3 is 0 Å². The molecule has 1 aromatic carbocycles. The summed E-state index contributed by atoms with van der Waals surface area (Å²) in [5, 5.41) is 3.29. The summed E-state index contributed by atoms with van der Waals surface area (Å²) in [6, 6.07) is 3.53. The Balaban J connectivity index is 1.61. The van der Waals surface area contributed by atoms with Gasteiger partial charge in [0.15, 0.2) is 5.96 Å². The summed E-state index contributed by atoms with van der Waals surface area (Å²) in [5.41, 5.74) is 0.351. The molecule has 2 heterocycles. The highest BCUT2D eigenvalue weighted by Crippen LogP contribution is 2.21. The molecule has 0 radical (unpaired) electrons. The van der Waals surface area contributed by atoms with Crippen LogP contribution in [0.2, 0.25) is 0 Å². The van der Waals surface area contributed by atoms with E-state index in [0.717, 1.165) is 57.2 Å². The number of benzene rings is 1. The summed E-state index contributed by atoms with van der Waals surface area (Å²) in [4.78, 5) is 6.78. The zero-order valence-corrected chi connectivity index (χ0v) is 15.2. The van der Waals surface area contributed by atoms with Gasteiger partial charge in [-0.05, 0) is 49.9 Å². The maximum absolute atomic E-state index is 13.7. The molecule has 5 nitrogen and oxygen atoms in total. The third-order valence-corrected chi connectivity index (χ3v) is 4.76. The van der Waals surface area contributed by atoms with E-state index in [-0.39, 0.29) is 12.2 Å². The van der Waals surface area contributed by atoms with E-state index < -0.39 is 11.6 Å². The molecule has 0 amide bonds. The molecular weight excluding hydrogens is 340 g/mol. The van der Waals surface area contributed by atoms with Crippen LogP contribution in [0.5, 0.6) is 0 Å². The molecule has 2 fully saturated rings. The van der Waals surface area contributed by atoms with Crippen molar-refractivity contribution in [3.63, 3.8) is 0 Å². The van der Waals surface area contributed by atoms with Crippen LogP contribution < -0.4 is 5.32 Å². The second-order valence-corrected chi connectivity index (χ2v) is 6.63. The van der Waals surface area contributed by atoms with Crippen molar-refractivity contribution in [2.24, 2.45) is 4.99 Å². The minimum absolute atomic E-state index is 0.0516. The van der Waals surface area contributed by atoms with Crippen LogP contribution in [-0.4, -0.2) is 62.5 Å². The van der Waals surface area contributed by atoms with E-state index in [1.165, 1.54) is 6.07 Å². The van der Waals surface area contributed by atoms with Crippen molar-refractivity contribution in [1.29, 1.82) is 0 Å². The summed E-state index contributed by atoms with van der Waals surface area (Å²) in [6.45, 7) is 6.07. The van der Waals surface area contributed by atoms with E-state index in [0.29, 0.717) is 25.1 Å². The first-order valence-electron chi connectivity index (χ1n) is 9.37. The maximum Gasteiger partial charge on any atom is 0.194 e. The van der Waals surface area contributed by atoms with E-state index >= 15 is 0 Å². The average Bonchev–Trinajstić information content (AvgIpc) is 3.19. The summed E-state index contributed by atoms with van der Waals surface area (Å²) >= 11 is 0. The van der Waals surface area contributed by atoms with Crippen molar-refractivity contribution in [2.45, 2.75) is 38.4 Å². The Morgan fingerprint density at radius 2 is 2.12 bits per heavy atom. The fourth-order valence-electron chi connectivity index (χ4n) is 3.43. The third kappa shape index (κ3) is 4.92. The Hall–Kier alpha value is -1.73. The number of rotatable bonds is 5. The lowest BCUT2D eigenvalue weighted by Gasteiger charge is -2.37. The van der Waals surface area contributed by atoms with E-state index in [4.69, 9.17) is 9.47 Å². The van der Waals surface area contributed by atoms with Crippen LogP contribution >= 0.6 is 0 Å². The number of aliphatic imine (C=N–C) groups is 1. The van der Waals surface area contributed by atoms with Crippen molar-refractivity contribution < 1.29 is 18.3 Å². The molecule has 2 unspecified atom stereocenters. The molecule has 144 valence electrons. The molecule has 1 aromatic rings. The van der Waals surface area contributed by atoms with Crippen LogP contribution in [0.25, 0.3) is 0 Å². The molecule has 0 aliphatic carbocycles. The minimum atomic E-state index is -0.426. The molecule has 26 heavy (non-hydrogen) atoms. The fraction of sp³-hybridized carbons (Fsp3) is 0.632. The predicted octanol–water partition coefficient (Wildman–Crippen LogP) is 2.35. The molecule has 2 atom stereocenters. The molecule has 2 aliphatic rings. The quantitative estimate of drug-likeness (QED) is 0.641. The number of hydrogen-bond acceptors (Lipinski definition) is 3. The Kier molecular flexibility index (Phi) is 6.80. The number of nitrogens with one attached hydrogen (secondary N) is 1. The maximum atomic E-state index is 13.7. The van der Waals surface area contributed by atoms with Crippen molar-refractivity contribution >= 4 is 5.96 Å². The molecule has 0 saturated carbocycles. The van der Waals surface area contributed by atoms with Crippen LogP contribution in [-0.2, 0) is 15.9 Å². The average molecular weight is 367 g/mol. The predicted molar refractivity (Wildman–Crippen MR) is 96.3 cm³/mol. The van der Waals surface area contributed by atoms with Crippen LogP contribution in [0, 0.1) is 11.6 Å². The van der Waals surface area contributed by atoms with Gasteiger partial charge in [-0.2, -0.15) is 0 Å². The Morgan fingerprint density at radius 1 is 1.27 bits per heavy atom. The van der Waals surface area contributed by atoms with Crippen LogP contribution in [0.4, 0.5) is 8.78 Å². The van der Waals surface area contributed by atoms with Gasteiger partial charge in [0.2, 0.25) is 0 Å². The lowest BCUT2D eigenvalue weighted by molar-refractivity contribution is -0.0817. The number of guanidine groups is 1. The van der Waals surface area contributed by atoms with Crippen LogP contribution in [0.3, 0.4) is 0 Å². The highest BCUT2D eigenvalue weighted by Gasteiger charge is 2.32. The highest BCUT2D eigenvalue weighted by molar-refractivity contribution is 5.80. The Labute approximate surface area is 153 Å². The van der Waals surface area contributed by atoms with E-state index in [1.807, 2.05) is 6.92 Å². The van der Waals surface area contributed by atoms with E-state index in [1.54, 1.807) is 0 Å². The van der Waals surface area contributed by atoms with Crippen LogP contribution in [0.15, 0.2) is 23.2 Å². The first kappa shape index (κ1) is 19.0. The Bertz CT molecular complexity index is 621. The van der Waals surface area contributed by atoms with Gasteiger partial charge in [0.1, 0.15) is 17.7 Å². The van der Waals surface area contributed by atoms with Gasteiger partial charge in [-0.1, -0.05) is 0 Å². The monoisotopic (exact) mass is 367 g/mol. The number of nitrogens with zero attached hydrogens (tertiary/aromatic N) is 2. The van der Waals surface area contributed by atoms with Crippen molar-refractivity contribution in [1.82, 2.24) is 10.2 Å². The zero-order valence-electron chi connectivity index (χ0n) is 15.2. The number of halogens is 2. The van der Waals surface area contributed by atoms with Crippen molar-refractivity contribution in [2.75, 3.05) is 39.4 Å². The lowest BCUT2D eigenvalue weighted by atomic mass is 10.1. The number of ether oxygens (including phenoxy) is 2. The zero-order chi connectivity index (χ0) is 18.4. The summed E-state index contributed by atoms with van der Waals surface area (Å²) < 4.78 is 38.7. The lowest BCUT2D eigenvalue weighted by Crippen LogP contribution is -2.53. The van der Waals surface area contributed by atoms with Crippen LogP contribution in [0.1, 0.15) is 25.3 Å². The Morgan fingerprint density at radius 3 is 2.88 bits per heavy atom. The standard InChI is InChI=1S/C19H27F2N3O2/c1-2-22-19(23-8-7-14-12-15(20)5-6-16(14)21)24-9-11-26-18(13-24)17-4-3-10-25-17/h5-6,12,17-18H,2-4,7-11,13H2,1H3,(H,22,23). The molecule has 2 saturated heterocycles. The summed E-state index contributed by atoms with van der Waals surface area (Å²) in [6.07, 6.45) is 2.68. The second kappa shape index (κ2) is 9.28. The van der Waals surface area contributed by atoms with Gasteiger partial charge in [0.05, 0.1) is 12.7 Å². The normalized spacial score (nSPS) is 24.1. The van der Waals surface area contributed by atoms with Crippen molar-refractivity contribution in [3.05, 3.63) is 35.4 Å².